The van der Waals surface area contributed by atoms with Crippen LogP contribution < -0.4 is 0 Å². The maximum atomic E-state index is 4.79. The maximum absolute atomic E-state index is 4.79. The Morgan fingerprint density at radius 3 is 2.44 bits per heavy atom. The van der Waals surface area contributed by atoms with Crippen molar-refractivity contribution >= 4 is 11.0 Å². The molecule has 1 aromatic carbocycles. The molecule has 0 bridgehead atoms. The summed E-state index contributed by atoms with van der Waals surface area (Å²) in [6.45, 7) is 4.35. The van der Waals surface area contributed by atoms with E-state index in [1.54, 1.807) is 0 Å². The summed E-state index contributed by atoms with van der Waals surface area (Å²) in [5.41, 5.74) is 3.26. The molecule has 0 saturated carbocycles. The van der Waals surface area contributed by atoms with Crippen molar-refractivity contribution < 1.29 is 0 Å². The second-order valence-corrected chi connectivity index (χ2v) is 4.79. The van der Waals surface area contributed by atoms with Gasteiger partial charge in [0.15, 0.2) is 0 Å². The Bertz CT molecular complexity index is 666. The van der Waals surface area contributed by atoms with E-state index in [4.69, 9.17) is 4.98 Å². The van der Waals surface area contributed by atoms with Gasteiger partial charge < -0.3 is 4.57 Å². The van der Waals surface area contributed by atoms with Crippen LogP contribution in [-0.4, -0.2) is 9.55 Å². The number of rotatable bonds is 2. The minimum Gasteiger partial charge on any atom is -0.330 e. The fourth-order valence-corrected chi connectivity index (χ4v) is 2.21. The summed E-state index contributed by atoms with van der Waals surface area (Å²) in [5.74, 6) is 0. The highest BCUT2D eigenvalue weighted by molar-refractivity contribution is 5.79. The van der Waals surface area contributed by atoms with Gasteiger partial charge in [-0.2, -0.15) is 0 Å². The molecule has 0 unspecified atom stereocenters. The van der Waals surface area contributed by atoms with Gasteiger partial charge in [0.05, 0.1) is 5.69 Å². The van der Waals surface area contributed by atoms with Gasteiger partial charge in [-0.05, 0) is 32.0 Å². The summed E-state index contributed by atoms with van der Waals surface area (Å²) in [5, 5.41) is 1.20. The summed E-state index contributed by atoms with van der Waals surface area (Å²) < 4.78 is 2.21. The highest BCUT2D eigenvalue weighted by Crippen LogP contribution is 2.23. The average Bonchev–Trinajstić information content (AvgIpc) is 2.82. The number of hydrogen-bond donors (Lipinski definition) is 0. The quantitative estimate of drug-likeness (QED) is 0.649. The Hall–Kier alpha value is -2.09. The van der Waals surface area contributed by atoms with Crippen LogP contribution in [0.25, 0.3) is 22.3 Å². The number of fused-ring (bicyclic) bond motifs is 1. The van der Waals surface area contributed by atoms with Gasteiger partial charge in [-0.3, -0.25) is 0 Å². The molecule has 3 rings (SSSR count). The van der Waals surface area contributed by atoms with E-state index in [1.807, 2.05) is 18.2 Å². The first-order valence-electron chi connectivity index (χ1n) is 6.29. The predicted octanol–water partition coefficient (Wildman–Crippen LogP) is 4.28. The normalized spacial score (nSPS) is 11.3. The third kappa shape index (κ3) is 1.80. The second-order valence-electron chi connectivity index (χ2n) is 4.79. The molecule has 0 radical (unpaired) electrons. The van der Waals surface area contributed by atoms with Crippen molar-refractivity contribution in [2.75, 3.05) is 0 Å². The van der Waals surface area contributed by atoms with Crippen LogP contribution in [0.15, 0.2) is 54.7 Å². The lowest BCUT2D eigenvalue weighted by atomic mass is 10.1. The van der Waals surface area contributed by atoms with Crippen LogP contribution in [0.4, 0.5) is 0 Å². The molecule has 2 heterocycles. The summed E-state index contributed by atoms with van der Waals surface area (Å²) in [4.78, 5) is 4.79. The lowest BCUT2D eigenvalue weighted by molar-refractivity contribution is 0.618. The Balaban J connectivity index is 2.18. The number of hydrogen-bond acceptors (Lipinski definition) is 1. The van der Waals surface area contributed by atoms with Gasteiger partial charge in [-0.1, -0.05) is 30.3 Å². The fourth-order valence-electron chi connectivity index (χ4n) is 2.21. The van der Waals surface area contributed by atoms with Crippen LogP contribution in [0.5, 0.6) is 0 Å². The van der Waals surface area contributed by atoms with Crippen molar-refractivity contribution in [3.8, 4) is 11.3 Å². The minimum absolute atomic E-state index is 0.432. The molecule has 2 heteroatoms. The molecule has 0 aliphatic heterocycles. The van der Waals surface area contributed by atoms with Crippen LogP contribution in [0.1, 0.15) is 19.9 Å². The second kappa shape index (κ2) is 4.30. The van der Waals surface area contributed by atoms with Crippen molar-refractivity contribution in [2.24, 2.45) is 0 Å². The lowest BCUT2D eigenvalue weighted by Gasteiger charge is -2.09. The van der Waals surface area contributed by atoms with Crippen molar-refractivity contribution in [3.05, 3.63) is 54.7 Å². The molecule has 0 saturated heterocycles. The number of pyridine rings is 1. The molecule has 0 spiro atoms. The summed E-state index contributed by atoms with van der Waals surface area (Å²) >= 11 is 0. The third-order valence-corrected chi connectivity index (χ3v) is 3.19. The zero-order valence-electron chi connectivity index (χ0n) is 10.7. The van der Waals surface area contributed by atoms with E-state index in [9.17, 15) is 0 Å². The van der Waals surface area contributed by atoms with Gasteiger partial charge in [-0.25, -0.2) is 4.98 Å². The molecule has 18 heavy (non-hydrogen) atoms. The number of nitrogens with zero attached hydrogens (tertiary/aromatic N) is 2. The van der Waals surface area contributed by atoms with E-state index in [1.165, 1.54) is 5.39 Å². The van der Waals surface area contributed by atoms with Gasteiger partial charge in [-0.15, -0.1) is 0 Å². The fraction of sp³-hybridized carbons (Fsp3) is 0.188. The molecule has 0 amide bonds. The van der Waals surface area contributed by atoms with Crippen molar-refractivity contribution in [1.29, 1.82) is 0 Å². The first-order valence-corrected chi connectivity index (χ1v) is 6.29. The highest BCUT2D eigenvalue weighted by atomic mass is 15.0. The van der Waals surface area contributed by atoms with Crippen molar-refractivity contribution in [1.82, 2.24) is 9.55 Å². The molecule has 90 valence electrons. The van der Waals surface area contributed by atoms with E-state index in [0.29, 0.717) is 6.04 Å². The van der Waals surface area contributed by atoms with Gasteiger partial charge in [0, 0.05) is 23.2 Å². The standard InChI is InChI=1S/C16H16N2/c1-12(2)18-11-10-14-8-9-15(17-16(14)18)13-6-4-3-5-7-13/h3-12H,1-2H3. The topological polar surface area (TPSA) is 17.8 Å². The van der Waals surface area contributed by atoms with Crippen molar-refractivity contribution in [3.63, 3.8) is 0 Å². The summed E-state index contributed by atoms with van der Waals surface area (Å²) in [6, 6.07) is 17.1. The average molecular weight is 236 g/mol. The Morgan fingerprint density at radius 2 is 1.72 bits per heavy atom. The van der Waals surface area contributed by atoms with Gasteiger partial charge in [0.1, 0.15) is 5.65 Å². The monoisotopic (exact) mass is 236 g/mol. The minimum atomic E-state index is 0.432. The summed E-state index contributed by atoms with van der Waals surface area (Å²) in [7, 11) is 0. The van der Waals surface area contributed by atoms with Crippen LogP contribution in [0, 0.1) is 0 Å². The molecular formula is C16H16N2. The van der Waals surface area contributed by atoms with E-state index < -0.39 is 0 Å². The number of aromatic nitrogens is 2. The molecule has 2 aromatic heterocycles. The van der Waals surface area contributed by atoms with Crippen LogP contribution in [0.3, 0.4) is 0 Å². The zero-order valence-corrected chi connectivity index (χ0v) is 10.7. The maximum Gasteiger partial charge on any atom is 0.140 e. The Labute approximate surface area is 107 Å². The largest absolute Gasteiger partial charge is 0.330 e. The summed E-state index contributed by atoms with van der Waals surface area (Å²) in [6.07, 6.45) is 2.11. The predicted molar refractivity (Wildman–Crippen MR) is 75.6 cm³/mol. The van der Waals surface area contributed by atoms with E-state index >= 15 is 0 Å². The SMILES string of the molecule is CC(C)n1ccc2ccc(-c3ccccc3)nc21. The molecule has 0 fully saturated rings. The lowest BCUT2D eigenvalue weighted by Crippen LogP contribution is -2.00. The Morgan fingerprint density at radius 1 is 0.944 bits per heavy atom. The van der Waals surface area contributed by atoms with Crippen LogP contribution >= 0.6 is 0 Å². The van der Waals surface area contributed by atoms with Gasteiger partial charge >= 0.3 is 0 Å². The molecule has 0 N–H and O–H groups in total. The smallest absolute Gasteiger partial charge is 0.140 e. The molecule has 3 aromatic rings. The first kappa shape index (κ1) is 11.0. The zero-order chi connectivity index (χ0) is 12.5. The molecule has 0 aliphatic rings. The van der Waals surface area contributed by atoms with Gasteiger partial charge in [0.2, 0.25) is 0 Å². The van der Waals surface area contributed by atoms with Crippen molar-refractivity contribution in [2.45, 2.75) is 19.9 Å². The highest BCUT2D eigenvalue weighted by Gasteiger charge is 2.07. The van der Waals surface area contributed by atoms with E-state index in [2.05, 4.69) is 54.9 Å². The van der Waals surface area contributed by atoms with Gasteiger partial charge in [0.25, 0.3) is 0 Å². The molecule has 0 atom stereocenters. The van der Waals surface area contributed by atoms with E-state index in [-0.39, 0.29) is 0 Å². The van der Waals surface area contributed by atoms with Crippen LogP contribution in [-0.2, 0) is 0 Å². The Kier molecular flexibility index (Phi) is 2.63. The third-order valence-electron chi connectivity index (χ3n) is 3.19. The molecular weight excluding hydrogens is 220 g/mol. The molecule has 0 aliphatic carbocycles. The van der Waals surface area contributed by atoms with Crippen LogP contribution in [0.2, 0.25) is 0 Å². The first-order chi connectivity index (χ1) is 8.75. The molecule has 2 nitrogen and oxygen atoms in total. The van der Waals surface area contributed by atoms with E-state index in [0.717, 1.165) is 16.9 Å². The number of benzene rings is 1.